The van der Waals surface area contributed by atoms with Crippen LogP contribution in [0, 0.1) is 5.82 Å². The number of carbonyl (C=O) groups excluding carboxylic acids is 1. The van der Waals surface area contributed by atoms with E-state index in [2.05, 4.69) is 5.32 Å². The van der Waals surface area contributed by atoms with Crippen molar-refractivity contribution in [2.45, 2.75) is 13.3 Å². The van der Waals surface area contributed by atoms with Crippen LogP contribution in [0.15, 0.2) is 34.7 Å². The first-order valence-corrected chi connectivity index (χ1v) is 5.94. The van der Waals surface area contributed by atoms with Gasteiger partial charge in [-0.2, -0.15) is 0 Å². The fraction of sp³-hybridized carbons (Fsp3) is 0.143. The maximum Gasteiger partial charge on any atom is 0.337 e. The molecule has 0 bridgehead atoms. The highest BCUT2D eigenvalue weighted by Crippen LogP contribution is 2.19. The predicted octanol–water partition coefficient (Wildman–Crippen LogP) is 2.93. The first-order chi connectivity index (χ1) is 9.51. The summed E-state index contributed by atoms with van der Waals surface area (Å²) in [6.07, 6.45) is 0.633. The monoisotopic (exact) mass is 277 g/mol. The molecule has 20 heavy (non-hydrogen) atoms. The van der Waals surface area contributed by atoms with Crippen LogP contribution in [0.1, 0.15) is 33.6 Å². The van der Waals surface area contributed by atoms with Gasteiger partial charge >= 0.3 is 5.97 Å². The zero-order valence-electron chi connectivity index (χ0n) is 10.6. The quantitative estimate of drug-likeness (QED) is 0.900. The summed E-state index contributed by atoms with van der Waals surface area (Å²) in [4.78, 5) is 22.9. The Morgan fingerprint density at radius 3 is 2.65 bits per heavy atom. The van der Waals surface area contributed by atoms with Crippen LogP contribution in [0.2, 0.25) is 0 Å². The third-order valence-electron chi connectivity index (χ3n) is 2.69. The van der Waals surface area contributed by atoms with Crippen molar-refractivity contribution in [1.82, 2.24) is 0 Å². The number of carboxylic acids is 1. The molecule has 1 amide bonds. The number of nitrogens with one attached hydrogen (secondary N) is 1. The lowest BCUT2D eigenvalue weighted by Gasteiger charge is -2.07. The second kappa shape index (κ2) is 5.56. The number of rotatable bonds is 4. The summed E-state index contributed by atoms with van der Waals surface area (Å²) in [5.74, 6) is -1.85. The average Bonchev–Trinajstić information content (AvgIpc) is 2.87. The minimum absolute atomic E-state index is 0.0439. The van der Waals surface area contributed by atoms with Gasteiger partial charge in [-0.15, -0.1) is 0 Å². The van der Waals surface area contributed by atoms with E-state index in [1.165, 1.54) is 6.07 Å². The normalized spacial score (nSPS) is 10.3. The lowest BCUT2D eigenvalue weighted by molar-refractivity contribution is 0.0698. The molecule has 0 aliphatic rings. The van der Waals surface area contributed by atoms with Crippen LogP contribution in [0.5, 0.6) is 0 Å². The summed E-state index contributed by atoms with van der Waals surface area (Å²) in [6.45, 7) is 1.87. The summed E-state index contributed by atoms with van der Waals surface area (Å²) in [6, 6.07) is 6.19. The predicted molar refractivity (Wildman–Crippen MR) is 69.4 cm³/mol. The molecule has 2 aromatic rings. The van der Waals surface area contributed by atoms with E-state index in [0.29, 0.717) is 12.2 Å². The van der Waals surface area contributed by atoms with Crippen LogP contribution < -0.4 is 5.32 Å². The number of aryl methyl sites for hydroxylation is 1. The third kappa shape index (κ3) is 2.85. The van der Waals surface area contributed by atoms with Gasteiger partial charge in [0.15, 0.2) is 5.76 Å². The van der Waals surface area contributed by atoms with Crippen LogP contribution in [0.4, 0.5) is 10.1 Å². The van der Waals surface area contributed by atoms with E-state index in [1.807, 2.05) is 6.92 Å². The molecule has 104 valence electrons. The topological polar surface area (TPSA) is 79.5 Å². The van der Waals surface area contributed by atoms with Crippen LogP contribution in [-0.2, 0) is 6.42 Å². The lowest BCUT2D eigenvalue weighted by atomic mass is 10.1. The largest absolute Gasteiger partial charge is 0.478 e. The molecule has 0 radical (unpaired) electrons. The van der Waals surface area contributed by atoms with Crippen molar-refractivity contribution in [1.29, 1.82) is 0 Å². The van der Waals surface area contributed by atoms with Gasteiger partial charge < -0.3 is 14.8 Å². The molecule has 0 atom stereocenters. The summed E-state index contributed by atoms with van der Waals surface area (Å²) in [5.41, 5.74) is -0.307. The molecule has 1 aromatic carbocycles. The van der Waals surface area contributed by atoms with Crippen molar-refractivity contribution in [3.8, 4) is 0 Å². The van der Waals surface area contributed by atoms with E-state index in [0.717, 1.165) is 18.2 Å². The number of amides is 1. The van der Waals surface area contributed by atoms with Gasteiger partial charge in [0.2, 0.25) is 0 Å². The molecule has 0 aliphatic heterocycles. The number of carbonyl (C=O) groups is 2. The number of hydrogen-bond acceptors (Lipinski definition) is 3. The van der Waals surface area contributed by atoms with Crippen LogP contribution >= 0.6 is 0 Å². The molecular weight excluding hydrogens is 265 g/mol. The number of hydrogen-bond donors (Lipinski definition) is 2. The van der Waals surface area contributed by atoms with E-state index < -0.39 is 17.7 Å². The number of furan rings is 1. The highest BCUT2D eigenvalue weighted by molar-refractivity contribution is 6.06. The summed E-state index contributed by atoms with van der Waals surface area (Å²) >= 11 is 0. The Labute approximate surface area is 114 Å². The second-order valence-corrected chi connectivity index (χ2v) is 4.07. The van der Waals surface area contributed by atoms with Gasteiger partial charge in [-0.05, 0) is 30.3 Å². The fourth-order valence-electron chi connectivity index (χ4n) is 1.68. The van der Waals surface area contributed by atoms with E-state index in [1.54, 1.807) is 6.07 Å². The zero-order chi connectivity index (χ0) is 14.7. The van der Waals surface area contributed by atoms with Crippen LogP contribution in [0.25, 0.3) is 0 Å². The Bertz CT molecular complexity index is 663. The molecule has 0 aliphatic carbocycles. The first kappa shape index (κ1) is 13.8. The smallest absolute Gasteiger partial charge is 0.337 e. The molecule has 2 rings (SSSR count). The van der Waals surface area contributed by atoms with Crippen molar-refractivity contribution in [3.05, 3.63) is 53.2 Å². The summed E-state index contributed by atoms with van der Waals surface area (Å²) < 4.78 is 18.4. The van der Waals surface area contributed by atoms with Crippen LogP contribution in [0.3, 0.4) is 0 Å². The molecule has 6 heteroatoms. The Morgan fingerprint density at radius 1 is 1.30 bits per heavy atom. The second-order valence-electron chi connectivity index (χ2n) is 4.07. The van der Waals surface area contributed by atoms with Gasteiger partial charge in [0.05, 0.1) is 11.3 Å². The molecule has 0 fully saturated rings. The molecule has 0 saturated heterocycles. The van der Waals surface area contributed by atoms with Crippen molar-refractivity contribution in [2.24, 2.45) is 0 Å². The molecular formula is C14H12FNO4. The average molecular weight is 277 g/mol. The zero-order valence-corrected chi connectivity index (χ0v) is 10.6. The fourth-order valence-corrected chi connectivity index (χ4v) is 1.68. The van der Waals surface area contributed by atoms with E-state index >= 15 is 0 Å². The SMILES string of the molecule is CCc1ccc(C(=O)Nc2cc(F)ccc2C(=O)O)o1. The number of halogens is 1. The van der Waals surface area contributed by atoms with Gasteiger partial charge in [-0.1, -0.05) is 6.92 Å². The molecule has 0 spiro atoms. The molecule has 0 unspecified atom stereocenters. The van der Waals surface area contributed by atoms with Crippen molar-refractivity contribution in [2.75, 3.05) is 5.32 Å². The Morgan fingerprint density at radius 2 is 2.05 bits per heavy atom. The summed E-state index contributed by atoms with van der Waals surface area (Å²) in [5, 5.41) is 11.3. The molecule has 5 nitrogen and oxygen atoms in total. The Balaban J connectivity index is 2.27. The molecule has 0 saturated carbocycles. The molecule has 1 heterocycles. The van der Waals surface area contributed by atoms with Gasteiger partial charge in [-0.25, -0.2) is 9.18 Å². The maximum atomic E-state index is 13.2. The lowest BCUT2D eigenvalue weighted by Crippen LogP contribution is -2.14. The van der Waals surface area contributed by atoms with Crippen LogP contribution in [-0.4, -0.2) is 17.0 Å². The van der Waals surface area contributed by atoms with Gasteiger partial charge in [0.1, 0.15) is 11.6 Å². The summed E-state index contributed by atoms with van der Waals surface area (Å²) in [7, 11) is 0. The van der Waals surface area contributed by atoms with Crippen molar-refractivity contribution >= 4 is 17.6 Å². The van der Waals surface area contributed by atoms with E-state index in [9.17, 15) is 14.0 Å². The Hall–Kier alpha value is -2.63. The van der Waals surface area contributed by atoms with Gasteiger partial charge in [0.25, 0.3) is 5.91 Å². The number of anilines is 1. The van der Waals surface area contributed by atoms with E-state index in [-0.39, 0.29) is 17.0 Å². The minimum atomic E-state index is -1.26. The van der Waals surface area contributed by atoms with Crippen molar-refractivity contribution in [3.63, 3.8) is 0 Å². The third-order valence-corrected chi connectivity index (χ3v) is 2.69. The Kier molecular flexibility index (Phi) is 3.84. The standard InChI is InChI=1S/C14H12FNO4/c1-2-9-4-6-12(20-9)13(17)16-11-7-8(15)3-5-10(11)14(18)19/h3-7H,2H2,1H3,(H,16,17)(H,18,19). The number of benzene rings is 1. The highest BCUT2D eigenvalue weighted by atomic mass is 19.1. The first-order valence-electron chi connectivity index (χ1n) is 5.94. The number of aromatic carboxylic acids is 1. The molecule has 1 aromatic heterocycles. The van der Waals surface area contributed by atoms with Gasteiger partial charge in [0, 0.05) is 6.42 Å². The minimum Gasteiger partial charge on any atom is -0.478 e. The maximum absolute atomic E-state index is 13.2. The van der Waals surface area contributed by atoms with Gasteiger partial charge in [-0.3, -0.25) is 4.79 Å². The van der Waals surface area contributed by atoms with E-state index in [4.69, 9.17) is 9.52 Å². The molecule has 2 N–H and O–H groups in total. The number of carboxylic acid groups (broad SMARTS) is 1. The van der Waals surface area contributed by atoms with Crippen molar-refractivity contribution < 1.29 is 23.5 Å². The highest BCUT2D eigenvalue weighted by Gasteiger charge is 2.16.